The van der Waals surface area contributed by atoms with Gasteiger partial charge in [-0.2, -0.15) is 0 Å². The Morgan fingerprint density at radius 2 is 2.18 bits per heavy atom. The molecule has 6 heteroatoms. The number of carboxylic acids is 1. The molecule has 1 atom stereocenters. The molecule has 0 saturated heterocycles. The zero-order valence-electron chi connectivity index (χ0n) is 9.14. The van der Waals surface area contributed by atoms with Crippen LogP contribution < -0.4 is 5.32 Å². The van der Waals surface area contributed by atoms with Gasteiger partial charge in [0.1, 0.15) is 5.82 Å². The number of nitrogens with one attached hydrogen (secondary N) is 1. The Morgan fingerprint density at radius 3 is 2.71 bits per heavy atom. The maximum absolute atomic E-state index is 13.4. The van der Waals surface area contributed by atoms with Crippen molar-refractivity contribution in [2.75, 3.05) is 5.32 Å². The van der Waals surface area contributed by atoms with E-state index in [2.05, 4.69) is 5.32 Å². The number of carboxylic acid groups (broad SMARTS) is 1. The molecule has 0 aliphatic carbocycles. The van der Waals surface area contributed by atoms with E-state index < -0.39 is 17.6 Å². The minimum Gasteiger partial charge on any atom is -0.481 e. The van der Waals surface area contributed by atoms with Gasteiger partial charge in [-0.15, -0.1) is 0 Å². The van der Waals surface area contributed by atoms with Crippen molar-refractivity contribution in [3.8, 4) is 0 Å². The van der Waals surface area contributed by atoms with Crippen LogP contribution in [0.25, 0.3) is 0 Å². The highest BCUT2D eigenvalue weighted by Crippen LogP contribution is 2.27. The quantitative estimate of drug-likeness (QED) is 0.857. The molecular weight excluding hydrogens is 252 g/mol. The minimum atomic E-state index is -0.927. The second kappa shape index (κ2) is 5.82. The monoisotopic (exact) mass is 263 g/mol. The van der Waals surface area contributed by atoms with Crippen molar-refractivity contribution in [1.29, 1.82) is 0 Å². The van der Waals surface area contributed by atoms with E-state index in [0.717, 1.165) is 12.1 Å². The third-order valence-electron chi connectivity index (χ3n) is 2.19. The van der Waals surface area contributed by atoms with E-state index in [9.17, 15) is 13.6 Å². The number of halogens is 3. The van der Waals surface area contributed by atoms with Crippen LogP contribution in [0.2, 0.25) is 5.02 Å². The Hall–Kier alpha value is -1.36. The fraction of sp³-hybridized carbons (Fsp3) is 0.364. The van der Waals surface area contributed by atoms with Gasteiger partial charge in [0, 0.05) is 18.5 Å². The molecule has 0 aliphatic heterocycles. The van der Waals surface area contributed by atoms with Crippen LogP contribution in [0.3, 0.4) is 0 Å². The molecule has 0 radical (unpaired) electrons. The summed E-state index contributed by atoms with van der Waals surface area (Å²) in [5.74, 6) is -2.47. The van der Waals surface area contributed by atoms with Crippen molar-refractivity contribution in [3.05, 3.63) is 28.8 Å². The van der Waals surface area contributed by atoms with Gasteiger partial charge in [0.25, 0.3) is 0 Å². The van der Waals surface area contributed by atoms with Gasteiger partial charge in [-0.25, -0.2) is 8.78 Å². The molecule has 0 aromatic heterocycles. The Morgan fingerprint density at radius 1 is 1.53 bits per heavy atom. The fourth-order valence-corrected chi connectivity index (χ4v) is 1.59. The number of benzene rings is 1. The average Bonchev–Trinajstić information content (AvgIpc) is 2.20. The summed E-state index contributed by atoms with van der Waals surface area (Å²) in [5, 5.41) is 11.2. The highest BCUT2D eigenvalue weighted by molar-refractivity contribution is 6.33. The van der Waals surface area contributed by atoms with Crippen molar-refractivity contribution in [1.82, 2.24) is 0 Å². The SMILES string of the molecule is CC(CCC(=O)O)Nc1c(F)cc(F)cc1Cl. The van der Waals surface area contributed by atoms with Crippen molar-refractivity contribution in [2.45, 2.75) is 25.8 Å². The first kappa shape index (κ1) is 13.7. The first-order chi connectivity index (χ1) is 7.90. The van der Waals surface area contributed by atoms with E-state index in [4.69, 9.17) is 16.7 Å². The summed E-state index contributed by atoms with van der Waals surface area (Å²) < 4.78 is 26.1. The third kappa shape index (κ3) is 4.19. The topological polar surface area (TPSA) is 49.3 Å². The minimum absolute atomic E-state index is 0.00837. The van der Waals surface area contributed by atoms with E-state index in [-0.39, 0.29) is 23.2 Å². The van der Waals surface area contributed by atoms with Gasteiger partial charge >= 0.3 is 5.97 Å². The fourth-order valence-electron chi connectivity index (χ4n) is 1.34. The zero-order valence-corrected chi connectivity index (χ0v) is 9.89. The van der Waals surface area contributed by atoms with Gasteiger partial charge in [0.05, 0.1) is 10.7 Å². The van der Waals surface area contributed by atoms with Gasteiger partial charge < -0.3 is 10.4 Å². The Bertz CT molecular complexity index is 403. The lowest BCUT2D eigenvalue weighted by molar-refractivity contribution is -0.137. The molecule has 1 aromatic rings. The number of aliphatic carboxylic acids is 1. The average molecular weight is 264 g/mol. The Labute approximate surface area is 102 Å². The summed E-state index contributed by atoms with van der Waals surface area (Å²) in [4.78, 5) is 10.4. The van der Waals surface area contributed by atoms with Gasteiger partial charge in [-0.1, -0.05) is 11.6 Å². The highest BCUT2D eigenvalue weighted by atomic mass is 35.5. The second-order valence-electron chi connectivity index (χ2n) is 3.72. The van der Waals surface area contributed by atoms with Crippen LogP contribution in [0.5, 0.6) is 0 Å². The molecule has 1 rings (SSSR count). The molecule has 1 unspecified atom stereocenters. The largest absolute Gasteiger partial charge is 0.481 e. The molecule has 2 N–H and O–H groups in total. The van der Waals surface area contributed by atoms with Crippen LogP contribution in [-0.4, -0.2) is 17.1 Å². The molecule has 17 heavy (non-hydrogen) atoms. The summed E-state index contributed by atoms with van der Waals surface area (Å²) in [6, 6.07) is 1.44. The molecular formula is C11H12ClF2NO2. The number of rotatable bonds is 5. The highest BCUT2D eigenvalue weighted by Gasteiger charge is 2.13. The first-order valence-corrected chi connectivity index (χ1v) is 5.41. The second-order valence-corrected chi connectivity index (χ2v) is 4.13. The Balaban J connectivity index is 2.71. The van der Waals surface area contributed by atoms with Gasteiger partial charge in [-0.05, 0) is 19.4 Å². The van der Waals surface area contributed by atoms with Crippen LogP contribution in [0.1, 0.15) is 19.8 Å². The van der Waals surface area contributed by atoms with E-state index in [1.807, 2.05) is 0 Å². The molecule has 0 fully saturated rings. The lowest BCUT2D eigenvalue weighted by Crippen LogP contribution is -2.17. The van der Waals surface area contributed by atoms with Crippen molar-refractivity contribution in [2.24, 2.45) is 0 Å². The molecule has 0 spiro atoms. The van der Waals surface area contributed by atoms with Gasteiger partial charge in [-0.3, -0.25) is 4.79 Å². The molecule has 0 amide bonds. The number of hydrogen-bond donors (Lipinski definition) is 2. The van der Waals surface area contributed by atoms with Crippen LogP contribution >= 0.6 is 11.6 Å². The third-order valence-corrected chi connectivity index (χ3v) is 2.49. The molecule has 0 bridgehead atoms. The molecule has 1 aromatic carbocycles. The lowest BCUT2D eigenvalue weighted by Gasteiger charge is -2.16. The van der Waals surface area contributed by atoms with E-state index >= 15 is 0 Å². The van der Waals surface area contributed by atoms with Crippen molar-refractivity contribution >= 4 is 23.3 Å². The van der Waals surface area contributed by atoms with Crippen LogP contribution in [0, 0.1) is 11.6 Å². The number of anilines is 1. The molecule has 3 nitrogen and oxygen atoms in total. The van der Waals surface area contributed by atoms with E-state index in [0.29, 0.717) is 6.42 Å². The van der Waals surface area contributed by atoms with E-state index in [1.165, 1.54) is 0 Å². The summed E-state index contributed by atoms with van der Waals surface area (Å²) in [6.45, 7) is 1.70. The standard InChI is InChI=1S/C11H12ClF2NO2/c1-6(2-3-10(16)17)15-11-8(12)4-7(13)5-9(11)14/h4-6,15H,2-3H2,1H3,(H,16,17). The molecule has 0 aliphatic rings. The van der Waals surface area contributed by atoms with Crippen LogP contribution in [-0.2, 0) is 4.79 Å². The predicted octanol–water partition coefficient (Wildman–Crippen LogP) is 3.28. The smallest absolute Gasteiger partial charge is 0.303 e. The van der Waals surface area contributed by atoms with Crippen LogP contribution in [0.4, 0.5) is 14.5 Å². The number of carbonyl (C=O) groups is 1. The predicted molar refractivity (Wildman–Crippen MR) is 61.3 cm³/mol. The molecule has 0 heterocycles. The zero-order chi connectivity index (χ0) is 13.0. The van der Waals surface area contributed by atoms with E-state index in [1.54, 1.807) is 6.92 Å². The van der Waals surface area contributed by atoms with Gasteiger partial charge in [0.2, 0.25) is 0 Å². The molecule has 94 valence electrons. The normalized spacial score (nSPS) is 12.2. The number of hydrogen-bond acceptors (Lipinski definition) is 2. The molecule has 0 saturated carbocycles. The summed E-state index contributed by atoms with van der Waals surface area (Å²) in [5.41, 5.74) is -0.00837. The Kier molecular flexibility index (Phi) is 4.69. The van der Waals surface area contributed by atoms with Crippen molar-refractivity contribution in [3.63, 3.8) is 0 Å². The first-order valence-electron chi connectivity index (χ1n) is 5.03. The lowest BCUT2D eigenvalue weighted by atomic mass is 10.1. The van der Waals surface area contributed by atoms with Crippen molar-refractivity contribution < 1.29 is 18.7 Å². The maximum Gasteiger partial charge on any atom is 0.303 e. The maximum atomic E-state index is 13.4. The summed E-state index contributed by atoms with van der Waals surface area (Å²) in [6.07, 6.45) is 0.289. The summed E-state index contributed by atoms with van der Waals surface area (Å²) in [7, 11) is 0. The van der Waals surface area contributed by atoms with Crippen LogP contribution in [0.15, 0.2) is 12.1 Å². The van der Waals surface area contributed by atoms with Gasteiger partial charge in [0.15, 0.2) is 5.82 Å². The summed E-state index contributed by atoms with van der Waals surface area (Å²) >= 11 is 5.68.